The Morgan fingerprint density at radius 1 is 1.38 bits per heavy atom. The fraction of sp³-hybridized carbons (Fsp3) is 0.632. The zero-order chi connectivity index (χ0) is 17.4. The van der Waals surface area contributed by atoms with E-state index in [2.05, 4.69) is 24.5 Å². The molecule has 1 aromatic rings. The molecule has 2 rings (SSSR count). The lowest BCUT2D eigenvalue weighted by molar-refractivity contribution is -0.125. The van der Waals surface area contributed by atoms with E-state index in [9.17, 15) is 4.79 Å². The highest BCUT2D eigenvalue weighted by Crippen LogP contribution is 2.28. The first-order valence-corrected chi connectivity index (χ1v) is 8.88. The molecule has 0 aromatic heterocycles. The minimum atomic E-state index is 0.0827. The third kappa shape index (κ3) is 5.71. The van der Waals surface area contributed by atoms with Crippen LogP contribution in [0.2, 0.25) is 0 Å². The molecule has 0 bridgehead atoms. The van der Waals surface area contributed by atoms with Gasteiger partial charge in [0.25, 0.3) is 0 Å². The molecule has 5 nitrogen and oxygen atoms in total. The Morgan fingerprint density at radius 2 is 2.21 bits per heavy atom. The predicted molar refractivity (Wildman–Crippen MR) is 95.4 cm³/mol. The smallest absolute Gasteiger partial charge is 0.224 e. The van der Waals surface area contributed by atoms with Crippen molar-refractivity contribution in [2.75, 3.05) is 26.8 Å². The molecular formula is C19H30N2O3. The van der Waals surface area contributed by atoms with Crippen LogP contribution in [0.15, 0.2) is 18.2 Å². The van der Waals surface area contributed by atoms with Gasteiger partial charge < -0.3 is 20.1 Å². The Labute approximate surface area is 145 Å². The van der Waals surface area contributed by atoms with E-state index in [1.54, 1.807) is 7.11 Å². The summed E-state index contributed by atoms with van der Waals surface area (Å²) >= 11 is 0. The van der Waals surface area contributed by atoms with Gasteiger partial charge in [-0.3, -0.25) is 4.79 Å². The van der Waals surface area contributed by atoms with Crippen LogP contribution in [0.4, 0.5) is 0 Å². The van der Waals surface area contributed by atoms with Crippen LogP contribution in [0.5, 0.6) is 11.5 Å². The summed E-state index contributed by atoms with van der Waals surface area (Å²) in [7, 11) is 1.64. The van der Waals surface area contributed by atoms with Crippen molar-refractivity contribution in [1.82, 2.24) is 10.6 Å². The Kier molecular flexibility index (Phi) is 7.37. The van der Waals surface area contributed by atoms with Gasteiger partial charge in [0.2, 0.25) is 5.91 Å². The second-order valence-corrected chi connectivity index (χ2v) is 6.78. The second-order valence-electron chi connectivity index (χ2n) is 6.78. The average Bonchev–Trinajstić information content (AvgIpc) is 2.60. The summed E-state index contributed by atoms with van der Waals surface area (Å²) in [5, 5.41) is 6.29. The van der Waals surface area contributed by atoms with E-state index in [1.807, 2.05) is 18.2 Å². The van der Waals surface area contributed by atoms with Crippen LogP contribution in [0.1, 0.15) is 38.7 Å². The number of rotatable bonds is 8. The number of ether oxygens (including phenoxy) is 2. The van der Waals surface area contributed by atoms with Gasteiger partial charge in [-0.1, -0.05) is 19.9 Å². The molecule has 1 unspecified atom stereocenters. The molecule has 1 heterocycles. The molecule has 0 aliphatic carbocycles. The van der Waals surface area contributed by atoms with E-state index < -0.39 is 0 Å². The van der Waals surface area contributed by atoms with Crippen LogP contribution in [0, 0.1) is 11.8 Å². The number of hydrogen-bond donors (Lipinski definition) is 2. The third-order valence-corrected chi connectivity index (χ3v) is 4.32. The summed E-state index contributed by atoms with van der Waals surface area (Å²) in [6, 6.07) is 5.83. The van der Waals surface area contributed by atoms with Crippen LogP contribution in [-0.2, 0) is 11.3 Å². The first kappa shape index (κ1) is 18.6. The van der Waals surface area contributed by atoms with E-state index in [0.29, 0.717) is 24.8 Å². The maximum atomic E-state index is 12.2. The summed E-state index contributed by atoms with van der Waals surface area (Å²) < 4.78 is 11.2. The lowest BCUT2D eigenvalue weighted by Crippen LogP contribution is -2.40. The maximum absolute atomic E-state index is 12.2. The number of carbonyl (C=O) groups excluding carboxylic acids is 1. The monoisotopic (exact) mass is 334 g/mol. The summed E-state index contributed by atoms with van der Waals surface area (Å²) in [6.45, 7) is 7.33. The van der Waals surface area contributed by atoms with Crippen molar-refractivity contribution in [1.29, 1.82) is 0 Å². The second kappa shape index (κ2) is 9.52. The van der Waals surface area contributed by atoms with Crippen molar-refractivity contribution in [3.05, 3.63) is 23.8 Å². The molecular weight excluding hydrogens is 304 g/mol. The van der Waals surface area contributed by atoms with E-state index in [0.717, 1.165) is 43.7 Å². The Hall–Kier alpha value is -1.75. The molecule has 5 heteroatoms. The highest BCUT2D eigenvalue weighted by atomic mass is 16.5. The van der Waals surface area contributed by atoms with E-state index >= 15 is 0 Å². The number of amides is 1. The van der Waals surface area contributed by atoms with Crippen molar-refractivity contribution in [3.8, 4) is 11.5 Å². The number of piperidine rings is 1. The molecule has 1 saturated heterocycles. The Bertz CT molecular complexity index is 525. The van der Waals surface area contributed by atoms with Gasteiger partial charge in [0, 0.05) is 13.1 Å². The minimum absolute atomic E-state index is 0.0827. The van der Waals surface area contributed by atoms with Gasteiger partial charge in [-0.05, 0) is 49.4 Å². The SMILES string of the molecule is COc1cc(CNC(=O)C2CCCNC2)ccc1OCCC(C)C. The molecule has 2 N–H and O–H groups in total. The highest BCUT2D eigenvalue weighted by Gasteiger charge is 2.20. The highest BCUT2D eigenvalue weighted by molar-refractivity contribution is 5.79. The summed E-state index contributed by atoms with van der Waals surface area (Å²) in [6.07, 6.45) is 3.04. The van der Waals surface area contributed by atoms with Gasteiger partial charge in [-0.15, -0.1) is 0 Å². The molecule has 0 spiro atoms. The van der Waals surface area contributed by atoms with Gasteiger partial charge >= 0.3 is 0 Å². The van der Waals surface area contributed by atoms with E-state index in [1.165, 1.54) is 0 Å². The number of methoxy groups -OCH3 is 1. The first-order valence-electron chi connectivity index (χ1n) is 8.88. The molecule has 0 radical (unpaired) electrons. The molecule has 1 fully saturated rings. The Balaban J connectivity index is 1.87. The number of hydrogen-bond acceptors (Lipinski definition) is 4. The third-order valence-electron chi connectivity index (χ3n) is 4.32. The fourth-order valence-electron chi connectivity index (χ4n) is 2.75. The quantitative estimate of drug-likeness (QED) is 0.767. The fourth-order valence-corrected chi connectivity index (χ4v) is 2.75. The van der Waals surface area contributed by atoms with Gasteiger partial charge in [0.1, 0.15) is 0 Å². The molecule has 1 atom stereocenters. The summed E-state index contributed by atoms with van der Waals surface area (Å²) in [5.41, 5.74) is 1.01. The topological polar surface area (TPSA) is 59.6 Å². The molecule has 134 valence electrons. The normalized spacial score (nSPS) is 17.6. The minimum Gasteiger partial charge on any atom is -0.493 e. The van der Waals surface area contributed by atoms with Crippen molar-refractivity contribution >= 4 is 5.91 Å². The van der Waals surface area contributed by atoms with Crippen LogP contribution in [0.3, 0.4) is 0 Å². The van der Waals surface area contributed by atoms with Crippen molar-refractivity contribution in [2.45, 2.75) is 39.7 Å². The van der Waals surface area contributed by atoms with Crippen LogP contribution in [-0.4, -0.2) is 32.7 Å². The van der Waals surface area contributed by atoms with Crippen LogP contribution < -0.4 is 20.1 Å². The van der Waals surface area contributed by atoms with Crippen LogP contribution in [0.25, 0.3) is 0 Å². The van der Waals surface area contributed by atoms with Gasteiger partial charge in [0.15, 0.2) is 11.5 Å². The van der Waals surface area contributed by atoms with Crippen molar-refractivity contribution in [2.24, 2.45) is 11.8 Å². The molecule has 1 amide bonds. The molecule has 1 aromatic carbocycles. The van der Waals surface area contributed by atoms with Gasteiger partial charge in [0.05, 0.1) is 19.6 Å². The largest absolute Gasteiger partial charge is 0.493 e. The maximum Gasteiger partial charge on any atom is 0.224 e. The first-order chi connectivity index (χ1) is 11.6. The summed E-state index contributed by atoms with van der Waals surface area (Å²) in [5.74, 6) is 2.28. The lowest BCUT2D eigenvalue weighted by atomic mass is 9.99. The van der Waals surface area contributed by atoms with E-state index in [4.69, 9.17) is 9.47 Å². The van der Waals surface area contributed by atoms with Crippen LogP contribution >= 0.6 is 0 Å². The lowest BCUT2D eigenvalue weighted by Gasteiger charge is -2.22. The van der Waals surface area contributed by atoms with Gasteiger partial charge in [-0.2, -0.15) is 0 Å². The molecule has 0 saturated carbocycles. The van der Waals surface area contributed by atoms with Gasteiger partial charge in [-0.25, -0.2) is 0 Å². The predicted octanol–water partition coefficient (Wildman–Crippen LogP) is 2.74. The number of benzene rings is 1. The van der Waals surface area contributed by atoms with Crippen molar-refractivity contribution in [3.63, 3.8) is 0 Å². The number of nitrogens with one attached hydrogen (secondary N) is 2. The Morgan fingerprint density at radius 3 is 2.88 bits per heavy atom. The summed E-state index contributed by atoms with van der Waals surface area (Å²) in [4.78, 5) is 12.2. The zero-order valence-corrected chi connectivity index (χ0v) is 15.1. The number of carbonyl (C=O) groups is 1. The average molecular weight is 334 g/mol. The van der Waals surface area contributed by atoms with E-state index in [-0.39, 0.29) is 11.8 Å². The molecule has 1 aliphatic rings. The standard InChI is InChI=1S/C19H30N2O3/c1-14(2)8-10-24-17-7-6-15(11-18(17)23-3)12-21-19(22)16-5-4-9-20-13-16/h6-7,11,14,16,20H,4-5,8-10,12-13H2,1-3H3,(H,21,22). The molecule has 24 heavy (non-hydrogen) atoms. The van der Waals surface area contributed by atoms with Crippen molar-refractivity contribution < 1.29 is 14.3 Å². The zero-order valence-electron chi connectivity index (χ0n) is 15.1. The molecule has 1 aliphatic heterocycles.